The van der Waals surface area contributed by atoms with Gasteiger partial charge in [-0.05, 0) is 34.5 Å². The van der Waals surface area contributed by atoms with Gasteiger partial charge < -0.3 is 13.6 Å². The van der Waals surface area contributed by atoms with E-state index < -0.39 is 55.7 Å². The summed E-state index contributed by atoms with van der Waals surface area (Å²) in [5.41, 5.74) is -5.79. The summed E-state index contributed by atoms with van der Waals surface area (Å²) in [6.45, 7) is 1.60. The van der Waals surface area contributed by atoms with Gasteiger partial charge in [0.1, 0.15) is 12.4 Å². The van der Waals surface area contributed by atoms with Gasteiger partial charge in [0, 0.05) is 0 Å². The maximum atomic E-state index is 14.1. The highest BCUT2D eigenvalue weighted by atomic mass is 32.3. The molecule has 0 saturated heterocycles. The summed E-state index contributed by atoms with van der Waals surface area (Å²) in [6, 6.07) is 8.69. The number of esters is 1. The molecule has 2 aromatic rings. The highest BCUT2D eigenvalue weighted by molar-refractivity contribution is 8.13. The predicted molar refractivity (Wildman–Crippen MR) is 108 cm³/mol. The second-order valence-electron chi connectivity index (χ2n) is 6.71. The summed E-state index contributed by atoms with van der Waals surface area (Å²) in [7, 11) is -14.5. The summed E-state index contributed by atoms with van der Waals surface area (Å²) in [6.07, 6.45) is -9.58. The number of fused-ring (bicyclic) bond motifs is 1. The van der Waals surface area contributed by atoms with E-state index in [0.29, 0.717) is 10.8 Å². The van der Waals surface area contributed by atoms with Gasteiger partial charge in [0.05, 0.1) is 0 Å². The molecular weight excluding hydrogens is 558 g/mol. The molecule has 2 rings (SSSR count). The lowest BCUT2D eigenvalue weighted by atomic mass is 10.1. The molecule has 0 amide bonds. The van der Waals surface area contributed by atoms with Crippen LogP contribution >= 0.6 is 0 Å². The summed E-state index contributed by atoms with van der Waals surface area (Å²) < 4.78 is 158. The molecule has 1 unspecified atom stereocenters. The Hall–Kier alpha value is -2.83. The summed E-state index contributed by atoms with van der Waals surface area (Å²) >= 11 is 0. The Morgan fingerprint density at radius 3 is 2.00 bits per heavy atom. The Balaban J connectivity index is 2.22. The van der Waals surface area contributed by atoms with Crippen molar-refractivity contribution >= 4 is 42.9 Å². The molecule has 0 bridgehead atoms. The highest BCUT2D eigenvalue weighted by Crippen LogP contribution is 2.43. The molecule has 0 aliphatic heterocycles. The number of hydrogen-bond donors (Lipinski definition) is 0. The number of alkyl halides is 8. The van der Waals surface area contributed by atoms with Gasteiger partial charge in [-0.1, -0.05) is 30.9 Å². The van der Waals surface area contributed by atoms with Crippen LogP contribution < -0.4 is 4.74 Å². The van der Waals surface area contributed by atoms with Gasteiger partial charge in [0.2, 0.25) is 6.10 Å². The first-order valence-electron chi connectivity index (χ1n) is 8.94. The average Bonchev–Trinajstić information content (AvgIpc) is 2.70. The molecule has 36 heavy (non-hydrogen) atoms. The smallest absolute Gasteiger partial charge is 0.425 e. The third kappa shape index (κ3) is 6.48. The van der Waals surface area contributed by atoms with Crippen molar-refractivity contribution in [1.82, 2.24) is 0 Å². The van der Waals surface area contributed by atoms with E-state index >= 15 is 0 Å². The molecule has 0 fully saturated rings. The number of rotatable bonds is 9. The van der Waals surface area contributed by atoms with Crippen LogP contribution in [0, 0.1) is 0 Å². The van der Waals surface area contributed by atoms with Gasteiger partial charge in [-0.2, -0.15) is 35.1 Å². The van der Waals surface area contributed by atoms with Crippen LogP contribution in [0.4, 0.5) is 35.1 Å². The predicted octanol–water partition coefficient (Wildman–Crippen LogP) is 4.48. The molecule has 0 spiro atoms. The van der Waals surface area contributed by atoms with E-state index in [2.05, 4.69) is 16.1 Å². The molecule has 200 valence electrons. The van der Waals surface area contributed by atoms with Crippen LogP contribution in [0.2, 0.25) is 0 Å². The molecule has 0 aromatic heterocycles. The molecule has 0 saturated carbocycles. The standard InChI is InChI=1S/C18H12F8NO7S2/c1-2-10-3-4-12-8-13(6-5-11(12)7-10)34-14(28)9-33-15(16(19,20)21)17(22,23)35(29,30)27-36(31,32)18(24,25)26/h2-8,15H,1,9H2/q-1. The number of benzene rings is 2. The Morgan fingerprint density at radius 2 is 1.47 bits per heavy atom. The Bertz CT molecular complexity index is 1370. The Kier molecular flexibility index (Phi) is 8.09. The second kappa shape index (κ2) is 9.91. The molecule has 0 N–H and O–H groups in total. The van der Waals surface area contributed by atoms with Crippen molar-refractivity contribution in [2.45, 2.75) is 23.0 Å². The van der Waals surface area contributed by atoms with Crippen LogP contribution in [0.5, 0.6) is 5.75 Å². The van der Waals surface area contributed by atoms with Crippen LogP contribution in [-0.2, 0) is 29.6 Å². The van der Waals surface area contributed by atoms with Crippen LogP contribution in [-0.4, -0.2) is 52.5 Å². The summed E-state index contributed by atoms with van der Waals surface area (Å²) in [5, 5.41) is -5.29. The normalized spacial score (nSPS) is 14.4. The molecular formula is C18H12F8NO7S2-. The van der Waals surface area contributed by atoms with E-state index in [1.165, 1.54) is 24.3 Å². The minimum Gasteiger partial charge on any atom is -0.425 e. The zero-order valence-electron chi connectivity index (χ0n) is 17.2. The number of sulfonamides is 2. The highest BCUT2D eigenvalue weighted by Gasteiger charge is 2.62. The molecule has 0 radical (unpaired) electrons. The Labute approximate surface area is 197 Å². The summed E-state index contributed by atoms with van der Waals surface area (Å²) in [4.78, 5) is 11.8. The fourth-order valence-corrected chi connectivity index (χ4v) is 4.72. The lowest BCUT2D eigenvalue weighted by Gasteiger charge is -2.33. The third-order valence-electron chi connectivity index (χ3n) is 4.11. The van der Waals surface area contributed by atoms with Crippen molar-refractivity contribution in [2.24, 2.45) is 0 Å². The minimum absolute atomic E-state index is 0.281. The number of ether oxygens (including phenoxy) is 2. The average molecular weight is 570 g/mol. The topological polar surface area (TPSA) is 118 Å². The molecule has 18 heteroatoms. The fourth-order valence-electron chi connectivity index (χ4n) is 2.48. The van der Waals surface area contributed by atoms with Crippen molar-refractivity contribution in [3.8, 4) is 5.75 Å². The number of carbonyl (C=O) groups is 1. The molecule has 8 nitrogen and oxygen atoms in total. The van der Waals surface area contributed by atoms with E-state index in [-0.39, 0.29) is 5.75 Å². The third-order valence-corrected chi connectivity index (χ3v) is 7.16. The van der Waals surface area contributed by atoms with Crippen LogP contribution in [0.15, 0.2) is 43.0 Å². The largest absolute Gasteiger partial charge is 0.480 e. The second-order valence-corrected chi connectivity index (χ2v) is 10.2. The molecule has 0 aliphatic carbocycles. The number of carbonyl (C=O) groups excluding carboxylic acids is 1. The van der Waals surface area contributed by atoms with Crippen molar-refractivity contribution in [2.75, 3.05) is 6.61 Å². The van der Waals surface area contributed by atoms with Crippen molar-refractivity contribution in [3.63, 3.8) is 0 Å². The van der Waals surface area contributed by atoms with Gasteiger partial charge in [-0.3, -0.25) is 0 Å². The molecule has 1 atom stereocenters. The van der Waals surface area contributed by atoms with Crippen molar-refractivity contribution in [3.05, 3.63) is 52.7 Å². The molecule has 2 aromatic carbocycles. The van der Waals surface area contributed by atoms with Crippen LogP contribution in [0.1, 0.15) is 5.56 Å². The van der Waals surface area contributed by atoms with Crippen molar-refractivity contribution < 1.29 is 66.2 Å². The van der Waals surface area contributed by atoms with Crippen LogP contribution in [0.3, 0.4) is 0 Å². The zero-order chi connectivity index (χ0) is 27.7. The zero-order valence-corrected chi connectivity index (χ0v) is 18.8. The number of hydrogen-bond acceptors (Lipinski definition) is 7. The lowest BCUT2D eigenvalue weighted by Crippen LogP contribution is -2.52. The van der Waals surface area contributed by atoms with Gasteiger partial charge in [-0.25, -0.2) is 21.6 Å². The first kappa shape index (κ1) is 29.4. The lowest BCUT2D eigenvalue weighted by molar-refractivity contribution is -0.262. The first-order valence-corrected chi connectivity index (χ1v) is 11.8. The van der Waals surface area contributed by atoms with E-state index in [4.69, 9.17) is 0 Å². The van der Waals surface area contributed by atoms with Crippen LogP contribution in [0.25, 0.3) is 21.0 Å². The van der Waals surface area contributed by atoms with E-state index in [0.717, 1.165) is 9.69 Å². The maximum Gasteiger partial charge on any atom is 0.480 e. The first-order chi connectivity index (χ1) is 16.2. The maximum absolute atomic E-state index is 14.1. The van der Waals surface area contributed by atoms with Gasteiger partial charge in [0.25, 0.3) is 0 Å². The van der Waals surface area contributed by atoms with E-state index in [1.54, 1.807) is 18.2 Å². The van der Waals surface area contributed by atoms with Gasteiger partial charge in [0.15, 0.2) is 20.0 Å². The van der Waals surface area contributed by atoms with E-state index in [9.17, 15) is 56.8 Å². The van der Waals surface area contributed by atoms with E-state index in [1.807, 2.05) is 0 Å². The monoisotopic (exact) mass is 570 g/mol. The molecule has 0 aliphatic rings. The van der Waals surface area contributed by atoms with Gasteiger partial charge >= 0.3 is 22.9 Å². The van der Waals surface area contributed by atoms with Gasteiger partial charge in [-0.15, -0.1) is 0 Å². The SMILES string of the molecule is C=Cc1ccc2cc(OC(=O)COC(C(F)(F)F)C(F)(F)S(=O)(=O)[N-]S(=O)(=O)C(F)(F)F)ccc2c1. The molecule has 0 heterocycles. The minimum atomic E-state index is -7.34. The summed E-state index contributed by atoms with van der Waals surface area (Å²) in [5.74, 6) is -2.02. The number of nitrogens with zero attached hydrogens (tertiary/aromatic N) is 1. The Morgan fingerprint density at radius 1 is 0.917 bits per heavy atom. The quantitative estimate of drug-likeness (QED) is 0.248. The van der Waals surface area contributed by atoms with Crippen molar-refractivity contribution in [1.29, 1.82) is 0 Å². The number of halogens is 8. The fraction of sp³-hybridized carbons (Fsp3) is 0.278.